The Bertz CT molecular complexity index is 227. The molecule has 1 aromatic heterocycles. The number of halogens is 1. The highest BCUT2D eigenvalue weighted by Gasteiger charge is 1.93. The molecule has 0 aromatic carbocycles. The first-order valence-electron chi connectivity index (χ1n) is 2.59. The summed E-state index contributed by atoms with van der Waals surface area (Å²) in [7, 11) is 0. The van der Waals surface area contributed by atoms with Gasteiger partial charge in [-0.25, -0.2) is 4.98 Å². The summed E-state index contributed by atoms with van der Waals surface area (Å²) in [6, 6.07) is 3.56. The van der Waals surface area contributed by atoms with E-state index in [2.05, 4.69) is 10.2 Å². The lowest BCUT2D eigenvalue weighted by atomic mass is 10.3. The minimum Gasteiger partial charge on any atom is -0.234 e. The summed E-state index contributed by atoms with van der Waals surface area (Å²) in [5.41, 5.74) is 0.813. The molecule has 54 valence electrons. The maximum Gasteiger partial charge on any atom is 0.199 e. The van der Waals surface area contributed by atoms with Gasteiger partial charge in [-0.1, -0.05) is 6.07 Å². The molecule has 0 unspecified atom stereocenters. The summed E-state index contributed by atoms with van der Waals surface area (Å²) in [5.74, 6) is 0.275. The average molecular weight is 159 g/mol. The molecule has 1 aromatic rings. The number of nitrogens with zero attached hydrogens (tertiary/aromatic N) is 2. The van der Waals surface area contributed by atoms with Crippen LogP contribution in [0, 0.1) is 11.8 Å². The molecular weight excluding hydrogens is 152 g/mol. The molecule has 0 saturated carbocycles. The smallest absolute Gasteiger partial charge is 0.199 e. The number of hydrogen-bond donors (Lipinski definition) is 0. The molecular formula is C6H7ClN2O. The first kappa shape index (κ1) is 9.04. The van der Waals surface area contributed by atoms with Crippen molar-refractivity contribution in [2.75, 3.05) is 0 Å². The molecule has 0 atom stereocenters. The average Bonchev–Trinajstić information content (AvgIpc) is 1.89. The molecule has 0 radical (unpaired) electrons. The van der Waals surface area contributed by atoms with Gasteiger partial charge in [-0.3, -0.25) is 0 Å². The van der Waals surface area contributed by atoms with Crippen molar-refractivity contribution in [2.45, 2.75) is 6.92 Å². The number of hydrogen-bond acceptors (Lipinski definition) is 3. The van der Waals surface area contributed by atoms with Crippen LogP contribution >= 0.6 is 12.4 Å². The Hall–Kier alpha value is -0.960. The van der Waals surface area contributed by atoms with Gasteiger partial charge in [-0.2, -0.15) is 0 Å². The summed E-state index contributed by atoms with van der Waals surface area (Å²) in [4.78, 5) is 13.6. The third kappa shape index (κ3) is 1.77. The number of pyridine rings is 1. The predicted octanol–water partition coefficient (Wildman–Crippen LogP) is 2.21. The van der Waals surface area contributed by atoms with Crippen LogP contribution in [0.15, 0.2) is 23.5 Å². The van der Waals surface area contributed by atoms with Gasteiger partial charge in [0.25, 0.3) is 0 Å². The van der Waals surface area contributed by atoms with Crippen molar-refractivity contribution in [1.82, 2.24) is 4.98 Å². The van der Waals surface area contributed by atoms with Crippen LogP contribution in [0.25, 0.3) is 0 Å². The van der Waals surface area contributed by atoms with E-state index in [1.165, 1.54) is 0 Å². The summed E-state index contributed by atoms with van der Waals surface area (Å²) in [5, 5.41) is 2.71. The van der Waals surface area contributed by atoms with Crippen molar-refractivity contribution in [3.05, 3.63) is 28.8 Å². The summed E-state index contributed by atoms with van der Waals surface area (Å²) in [6.07, 6.45) is 1.55. The molecule has 10 heavy (non-hydrogen) atoms. The van der Waals surface area contributed by atoms with Crippen LogP contribution in [0.4, 0.5) is 5.82 Å². The Labute approximate surface area is 64.9 Å². The van der Waals surface area contributed by atoms with E-state index in [0.29, 0.717) is 0 Å². The fourth-order valence-electron chi connectivity index (χ4n) is 0.573. The van der Waals surface area contributed by atoms with Gasteiger partial charge >= 0.3 is 0 Å². The van der Waals surface area contributed by atoms with Crippen LogP contribution in [0.5, 0.6) is 0 Å². The topological polar surface area (TPSA) is 42.3 Å². The molecule has 0 bridgehead atoms. The standard InChI is InChI=1S/C6H6N2O.ClH/c1-5-3-2-4-7-6(5)8-9;/h2-4H,1H3;1H. The SMILES string of the molecule is Cc1cccnc1N=O.Cl. The molecule has 0 aliphatic heterocycles. The predicted molar refractivity (Wildman–Crippen MR) is 41.7 cm³/mol. The van der Waals surface area contributed by atoms with Crippen molar-refractivity contribution in [3.63, 3.8) is 0 Å². The lowest BCUT2D eigenvalue weighted by Crippen LogP contribution is -1.75. The third-order valence-corrected chi connectivity index (χ3v) is 1.07. The van der Waals surface area contributed by atoms with E-state index < -0.39 is 0 Å². The molecule has 0 fully saturated rings. The second-order valence-corrected chi connectivity index (χ2v) is 1.74. The van der Waals surface area contributed by atoms with E-state index in [4.69, 9.17) is 0 Å². The van der Waals surface area contributed by atoms with Crippen molar-refractivity contribution >= 4 is 18.2 Å². The highest BCUT2D eigenvalue weighted by molar-refractivity contribution is 5.85. The van der Waals surface area contributed by atoms with Crippen LogP contribution in [0.3, 0.4) is 0 Å². The van der Waals surface area contributed by atoms with Crippen molar-refractivity contribution < 1.29 is 0 Å². The van der Waals surface area contributed by atoms with Crippen LogP contribution in [0.2, 0.25) is 0 Å². The Balaban J connectivity index is 0.000000810. The largest absolute Gasteiger partial charge is 0.234 e. The molecule has 1 rings (SSSR count). The zero-order valence-corrected chi connectivity index (χ0v) is 6.26. The molecule has 3 nitrogen and oxygen atoms in total. The Kier molecular flexibility index (Phi) is 3.57. The number of aromatic nitrogens is 1. The number of rotatable bonds is 1. The molecule has 0 aliphatic rings. The molecule has 1 heterocycles. The number of aryl methyl sites for hydroxylation is 1. The van der Waals surface area contributed by atoms with Gasteiger partial charge < -0.3 is 0 Å². The maximum absolute atomic E-state index is 9.91. The quantitative estimate of drug-likeness (QED) is 0.588. The van der Waals surface area contributed by atoms with Gasteiger partial charge in [-0.15, -0.1) is 17.3 Å². The summed E-state index contributed by atoms with van der Waals surface area (Å²) < 4.78 is 0. The van der Waals surface area contributed by atoms with E-state index in [1.54, 1.807) is 25.3 Å². The lowest BCUT2D eigenvalue weighted by Gasteiger charge is -1.89. The van der Waals surface area contributed by atoms with E-state index in [9.17, 15) is 4.91 Å². The summed E-state index contributed by atoms with van der Waals surface area (Å²) >= 11 is 0. The van der Waals surface area contributed by atoms with Gasteiger partial charge in [0.15, 0.2) is 5.82 Å². The normalized spacial score (nSPS) is 8.10. The fraction of sp³-hybridized carbons (Fsp3) is 0.167. The molecule has 0 spiro atoms. The molecule has 4 heteroatoms. The van der Waals surface area contributed by atoms with E-state index in [-0.39, 0.29) is 18.2 Å². The highest BCUT2D eigenvalue weighted by atomic mass is 35.5. The first-order valence-corrected chi connectivity index (χ1v) is 2.59. The molecule has 0 N–H and O–H groups in total. The van der Waals surface area contributed by atoms with E-state index >= 15 is 0 Å². The lowest BCUT2D eigenvalue weighted by molar-refractivity contribution is 1.22. The van der Waals surface area contributed by atoms with E-state index in [0.717, 1.165) is 5.56 Å². The Morgan fingerprint density at radius 3 is 2.70 bits per heavy atom. The molecule has 0 amide bonds. The van der Waals surface area contributed by atoms with Crippen LogP contribution in [-0.2, 0) is 0 Å². The minimum atomic E-state index is 0. The van der Waals surface area contributed by atoms with Crippen molar-refractivity contribution in [2.24, 2.45) is 5.18 Å². The van der Waals surface area contributed by atoms with Gasteiger partial charge in [0.05, 0.1) is 0 Å². The van der Waals surface area contributed by atoms with Gasteiger partial charge in [0, 0.05) is 6.20 Å². The first-order chi connectivity index (χ1) is 4.34. The summed E-state index contributed by atoms with van der Waals surface area (Å²) in [6.45, 7) is 1.80. The fourth-order valence-corrected chi connectivity index (χ4v) is 0.573. The van der Waals surface area contributed by atoms with Crippen molar-refractivity contribution in [1.29, 1.82) is 0 Å². The van der Waals surface area contributed by atoms with Crippen molar-refractivity contribution in [3.8, 4) is 0 Å². The second-order valence-electron chi connectivity index (χ2n) is 1.74. The second kappa shape index (κ2) is 3.95. The Morgan fingerprint density at radius 2 is 2.30 bits per heavy atom. The van der Waals surface area contributed by atoms with Crippen LogP contribution < -0.4 is 0 Å². The van der Waals surface area contributed by atoms with Gasteiger partial charge in [0.2, 0.25) is 0 Å². The zero-order valence-electron chi connectivity index (χ0n) is 5.44. The van der Waals surface area contributed by atoms with Gasteiger partial charge in [0.1, 0.15) is 0 Å². The third-order valence-electron chi connectivity index (χ3n) is 1.07. The van der Waals surface area contributed by atoms with Crippen LogP contribution in [-0.4, -0.2) is 4.98 Å². The Morgan fingerprint density at radius 1 is 1.60 bits per heavy atom. The monoisotopic (exact) mass is 158 g/mol. The van der Waals surface area contributed by atoms with Crippen LogP contribution in [0.1, 0.15) is 5.56 Å². The maximum atomic E-state index is 9.91. The molecule has 0 aliphatic carbocycles. The molecule has 0 saturated heterocycles. The number of nitroso groups, excluding NO2 is 1. The minimum absolute atomic E-state index is 0. The van der Waals surface area contributed by atoms with Gasteiger partial charge in [-0.05, 0) is 23.7 Å². The van der Waals surface area contributed by atoms with E-state index in [1.807, 2.05) is 0 Å². The zero-order chi connectivity index (χ0) is 6.69. The highest BCUT2D eigenvalue weighted by Crippen LogP contribution is 2.11.